The number of ether oxygens (including phenoxy) is 2. The van der Waals surface area contributed by atoms with Crippen LogP contribution in [0.4, 0.5) is 5.69 Å². The van der Waals surface area contributed by atoms with Crippen molar-refractivity contribution in [2.24, 2.45) is 0 Å². The molecule has 0 bridgehead atoms. The lowest BCUT2D eigenvalue weighted by atomic mass is 10.0. The third kappa shape index (κ3) is 3.42. The van der Waals surface area contributed by atoms with Crippen molar-refractivity contribution in [2.75, 3.05) is 12.3 Å². The number of nitrogen functional groups attached to an aromatic ring is 1. The van der Waals surface area contributed by atoms with E-state index in [0.717, 1.165) is 0 Å². The third-order valence-corrected chi connectivity index (χ3v) is 3.21. The van der Waals surface area contributed by atoms with Crippen LogP contribution in [-0.2, 0) is 4.74 Å². The van der Waals surface area contributed by atoms with E-state index in [0.29, 0.717) is 0 Å². The van der Waals surface area contributed by atoms with E-state index < -0.39 is 37.2 Å². The second kappa shape index (κ2) is 6.27. The zero-order valence-corrected chi connectivity index (χ0v) is 11.0. The first-order valence-corrected chi connectivity index (χ1v) is 6.34. The monoisotopic (exact) mass is 299 g/mol. The van der Waals surface area contributed by atoms with Gasteiger partial charge in [-0.3, -0.25) is 0 Å². The van der Waals surface area contributed by atoms with Gasteiger partial charge in [-0.1, -0.05) is 0 Å². The number of rotatable bonds is 4. The van der Waals surface area contributed by atoms with Crippen LogP contribution in [-0.4, -0.2) is 57.6 Å². The second-order valence-electron chi connectivity index (χ2n) is 4.76. The molecule has 0 aromatic heterocycles. The summed E-state index contributed by atoms with van der Waals surface area (Å²) in [7, 11) is 0. The van der Waals surface area contributed by atoms with E-state index >= 15 is 0 Å². The molecule has 1 aliphatic heterocycles. The van der Waals surface area contributed by atoms with Crippen LogP contribution >= 0.6 is 0 Å². The second-order valence-corrected chi connectivity index (χ2v) is 4.76. The molecule has 1 aromatic rings. The van der Waals surface area contributed by atoms with Gasteiger partial charge in [0.2, 0.25) is 6.29 Å². The number of benzene rings is 1. The Kier molecular flexibility index (Phi) is 4.63. The fraction of sp³-hybridized carbons (Fsp3) is 0.462. The number of carboxylic acids is 1. The highest BCUT2D eigenvalue weighted by atomic mass is 16.7. The van der Waals surface area contributed by atoms with E-state index in [1.54, 1.807) is 0 Å². The molecule has 0 saturated carbocycles. The zero-order valence-electron chi connectivity index (χ0n) is 11.0. The molecule has 1 saturated heterocycles. The largest absolute Gasteiger partial charge is 0.478 e. The molecule has 21 heavy (non-hydrogen) atoms. The maximum Gasteiger partial charge on any atom is 0.339 e. The summed E-state index contributed by atoms with van der Waals surface area (Å²) in [5, 5.41) is 37.5. The van der Waals surface area contributed by atoms with Crippen LogP contribution in [0.2, 0.25) is 0 Å². The van der Waals surface area contributed by atoms with Crippen LogP contribution in [0.25, 0.3) is 0 Å². The first kappa shape index (κ1) is 15.5. The molecule has 1 fully saturated rings. The fourth-order valence-electron chi connectivity index (χ4n) is 2.10. The lowest BCUT2D eigenvalue weighted by Crippen LogP contribution is -2.51. The van der Waals surface area contributed by atoms with Crippen molar-refractivity contribution >= 4 is 11.7 Å². The molecule has 4 unspecified atom stereocenters. The Bertz CT molecular complexity index is 521. The molecule has 0 spiro atoms. The molecule has 2 rings (SSSR count). The average molecular weight is 299 g/mol. The minimum atomic E-state index is -1.22. The van der Waals surface area contributed by atoms with Gasteiger partial charge in [0.25, 0.3) is 0 Å². The van der Waals surface area contributed by atoms with Crippen LogP contribution in [0.5, 0.6) is 5.75 Å². The molecule has 0 amide bonds. The predicted octanol–water partition coefficient (Wildman–Crippen LogP) is -0.825. The van der Waals surface area contributed by atoms with Gasteiger partial charge < -0.3 is 35.6 Å². The summed E-state index contributed by atoms with van der Waals surface area (Å²) in [5.74, 6) is -1.19. The van der Waals surface area contributed by atoms with E-state index in [1.807, 2.05) is 0 Å². The molecule has 6 N–H and O–H groups in total. The van der Waals surface area contributed by atoms with Gasteiger partial charge in [0, 0.05) is 12.1 Å². The van der Waals surface area contributed by atoms with Crippen molar-refractivity contribution in [3.05, 3.63) is 23.8 Å². The van der Waals surface area contributed by atoms with Crippen molar-refractivity contribution < 1.29 is 34.7 Å². The Balaban J connectivity index is 2.16. The van der Waals surface area contributed by atoms with E-state index in [-0.39, 0.29) is 23.4 Å². The third-order valence-electron chi connectivity index (χ3n) is 3.21. The molecular weight excluding hydrogens is 282 g/mol. The fourth-order valence-corrected chi connectivity index (χ4v) is 2.10. The highest BCUT2D eigenvalue weighted by Crippen LogP contribution is 2.27. The van der Waals surface area contributed by atoms with Crippen molar-refractivity contribution in [1.82, 2.24) is 0 Å². The SMILES string of the molecule is Nc1ccc(OC2CC(O)C(O)C(CO)O2)c(C(=O)O)c1. The van der Waals surface area contributed by atoms with Gasteiger partial charge in [0.15, 0.2) is 0 Å². The topological polar surface area (TPSA) is 142 Å². The number of hydrogen-bond donors (Lipinski definition) is 5. The van der Waals surface area contributed by atoms with Crippen molar-refractivity contribution in [3.63, 3.8) is 0 Å². The summed E-state index contributed by atoms with van der Waals surface area (Å²) < 4.78 is 10.7. The summed E-state index contributed by atoms with van der Waals surface area (Å²) in [6.45, 7) is -0.494. The zero-order chi connectivity index (χ0) is 15.6. The molecule has 0 aliphatic carbocycles. The molecule has 1 aliphatic rings. The number of aliphatic hydroxyl groups excluding tert-OH is 3. The number of aliphatic hydroxyl groups is 3. The molecule has 8 heteroatoms. The lowest BCUT2D eigenvalue weighted by molar-refractivity contribution is -0.230. The Labute approximate surface area is 120 Å². The van der Waals surface area contributed by atoms with Crippen molar-refractivity contribution in [3.8, 4) is 5.75 Å². The molecule has 0 radical (unpaired) electrons. The number of aromatic carboxylic acids is 1. The Morgan fingerprint density at radius 3 is 2.76 bits per heavy atom. The van der Waals surface area contributed by atoms with Gasteiger partial charge in [0.1, 0.15) is 23.5 Å². The van der Waals surface area contributed by atoms with E-state index in [2.05, 4.69) is 0 Å². The molecule has 116 valence electrons. The van der Waals surface area contributed by atoms with Crippen molar-refractivity contribution in [1.29, 1.82) is 0 Å². The Hall–Kier alpha value is -1.87. The van der Waals surface area contributed by atoms with Crippen LogP contribution in [0.3, 0.4) is 0 Å². The van der Waals surface area contributed by atoms with Gasteiger partial charge in [-0.05, 0) is 18.2 Å². The molecule has 1 aromatic carbocycles. The Morgan fingerprint density at radius 1 is 1.43 bits per heavy atom. The number of hydrogen-bond acceptors (Lipinski definition) is 7. The molecule has 4 atom stereocenters. The lowest BCUT2D eigenvalue weighted by Gasteiger charge is -2.36. The minimum Gasteiger partial charge on any atom is -0.478 e. The number of nitrogens with two attached hydrogens (primary N) is 1. The summed E-state index contributed by atoms with van der Waals surface area (Å²) in [4.78, 5) is 11.1. The van der Waals surface area contributed by atoms with E-state index in [1.165, 1.54) is 18.2 Å². The number of anilines is 1. The predicted molar refractivity (Wildman–Crippen MR) is 70.8 cm³/mol. The van der Waals surface area contributed by atoms with E-state index in [4.69, 9.17) is 25.4 Å². The normalized spacial score (nSPS) is 29.1. The summed E-state index contributed by atoms with van der Waals surface area (Å²) >= 11 is 0. The van der Waals surface area contributed by atoms with Crippen LogP contribution < -0.4 is 10.5 Å². The minimum absolute atomic E-state index is 0.0296. The van der Waals surface area contributed by atoms with Crippen LogP contribution in [0.1, 0.15) is 16.8 Å². The summed E-state index contributed by atoms with van der Waals surface area (Å²) in [5.41, 5.74) is 5.66. The van der Waals surface area contributed by atoms with Gasteiger partial charge in [-0.2, -0.15) is 0 Å². The summed E-state index contributed by atoms with van der Waals surface area (Å²) in [6.07, 6.45) is -4.40. The maximum atomic E-state index is 11.1. The quantitative estimate of drug-likeness (QED) is 0.454. The van der Waals surface area contributed by atoms with E-state index in [9.17, 15) is 15.0 Å². The van der Waals surface area contributed by atoms with Gasteiger partial charge >= 0.3 is 5.97 Å². The first-order valence-electron chi connectivity index (χ1n) is 6.34. The molecular formula is C13H17NO7. The van der Waals surface area contributed by atoms with Crippen molar-refractivity contribution in [2.45, 2.75) is 31.0 Å². The maximum absolute atomic E-state index is 11.1. The molecule has 8 nitrogen and oxygen atoms in total. The summed E-state index contributed by atoms with van der Waals surface area (Å²) in [6, 6.07) is 4.10. The van der Waals surface area contributed by atoms with Gasteiger partial charge in [-0.25, -0.2) is 4.79 Å². The average Bonchev–Trinajstić information content (AvgIpc) is 2.44. The number of carboxylic acid groups (broad SMARTS) is 1. The smallest absolute Gasteiger partial charge is 0.339 e. The number of carbonyl (C=O) groups is 1. The highest BCUT2D eigenvalue weighted by Gasteiger charge is 2.37. The molecule has 1 heterocycles. The van der Waals surface area contributed by atoms with Gasteiger partial charge in [0.05, 0.1) is 12.7 Å². The van der Waals surface area contributed by atoms with Gasteiger partial charge in [-0.15, -0.1) is 0 Å². The van der Waals surface area contributed by atoms with Crippen LogP contribution in [0.15, 0.2) is 18.2 Å². The van der Waals surface area contributed by atoms with Crippen LogP contribution in [0, 0.1) is 0 Å². The highest BCUT2D eigenvalue weighted by molar-refractivity contribution is 5.92. The first-order chi connectivity index (χ1) is 9.92. The Morgan fingerprint density at radius 2 is 2.14 bits per heavy atom. The standard InChI is InChI=1S/C13H17NO7/c14-6-1-2-9(7(3-6)13(18)19)20-11-4-8(16)12(17)10(5-15)21-11/h1-3,8,10-12,15-17H,4-5,14H2,(H,18,19).